The molecule has 0 unspecified atom stereocenters. The number of aromatic amines is 1. The standard InChI is InChI=1S/C17H15NO3/c19-10-17(20)16-9-13-8-14(6-7-15(13)18-16)21-11-12-4-2-1-3-5-12/h1-9,18-19H,10-11H2. The van der Waals surface area contributed by atoms with E-state index in [0.717, 1.165) is 22.2 Å². The molecule has 106 valence electrons. The van der Waals surface area contributed by atoms with E-state index in [0.29, 0.717) is 12.3 Å². The highest BCUT2D eigenvalue weighted by Gasteiger charge is 2.08. The summed E-state index contributed by atoms with van der Waals surface area (Å²) in [4.78, 5) is 14.4. The number of nitrogens with one attached hydrogen (secondary N) is 1. The molecule has 0 saturated carbocycles. The quantitative estimate of drug-likeness (QED) is 0.707. The van der Waals surface area contributed by atoms with Crippen molar-refractivity contribution in [1.29, 1.82) is 0 Å². The van der Waals surface area contributed by atoms with Gasteiger partial charge in [-0.2, -0.15) is 0 Å². The molecule has 0 spiro atoms. The van der Waals surface area contributed by atoms with Gasteiger partial charge in [-0.25, -0.2) is 0 Å². The molecule has 21 heavy (non-hydrogen) atoms. The van der Waals surface area contributed by atoms with Crippen molar-refractivity contribution in [3.63, 3.8) is 0 Å². The Morgan fingerprint density at radius 2 is 1.90 bits per heavy atom. The normalized spacial score (nSPS) is 10.7. The number of aliphatic hydroxyl groups excluding tert-OH is 1. The van der Waals surface area contributed by atoms with Crippen LogP contribution in [0.5, 0.6) is 5.75 Å². The molecule has 0 radical (unpaired) electrons. The summed E-state index contributed by atoms with van der Waals surface area (Å²) in [5, 5.41) is 9.77. The molecule has 0 fully saturated rings. The molecule has 0 aliphatic carbocycles. The molecule has 1 heterocycles. The minimum absolute atomic E-state index is 0.321. The van der Waals surface area contributed by atoms with Crippen LogP contribution in [0.2, 0.25) is 0 Å². The van der Waals surface area contributed by atoms with Crippen molar-refractivity contribution in [2.45, 2.75) is 6.61 Å². The largest absolute Gasteiger partial charge is 0.489 e. The molecule has 0 atom stereocenters. The number of ether oxygens (including phenoxy) is 1. The molecule has 0 aliphatic heterocycles. The van der Waals surface area contributed by atoms with Gasteiger partial charge >= 0.3 is 0 Å². The van der Waals surface area contributed by atoms with Crippen molar-refractivity contribution in [2.75, 3.05) is 6.61 Å². The molecule has 2 aromatic carbocycles. The maximum atomic E-state index is 11.5. The Kier molecular flexibility index (Phi) is 3.71. The third-order valence-electron chi connectivity index (χ3n) is 3.28. The second-order valence-electron chi connectivity index (χ2n) is 4.79. The zero-order valence-electron chi connectivity index (χ0n) is 11.4. The van der Waals surface area contributed by atoms with Gasteiger partial charge < -0.3 is 14.8 Å². The highest BCUT2D eigenvalue weighted by atomic mass is 16.5. The number of aliphatic hydroxyl groups is 1. The lowest BCUT2D eigenvalue weighted by atomic mass is 10.2. The first kappa shape index (κ1) is 13.4. The molecule has 0 bridgehead atoms. The molecule has 0 amide bonds. The van der Waals surface area contributed by atoms with Crippen molar-refractivity contribution in [2.24, 2.45) is 0 Å². The number of hydrogen-bond donors (Lipinski definition) is 2. The molecule has 2 N–H and O–H groups in total. The average molecular weight is 281 g/mol. The lowest BCUT2D eigenvalue weighted by Gasteiger charge is -2.06. The number of fused-ring (bicyclic) bond motifs is 1. The maximum Gasteiger partial charge on any atom is 0.204 e. The Morgan fingerprint density at radius 1 is 1.10 bits per heavy atom. The highest BCUT2D eigenvalue weighted by molar-refractivity contribution is 6.00. The van der Waals surface area contributed by atoms with Crippen LogP contribution in [0, 0.1) is 0 Å². The molecular formula is C17H15NO3. The summed E-state index contributed by atoms with van der Waals surface area (Å²) in [5.74, 6) is 0.423. The zero-order chi connectivity index (χ0) is 14.7. The molecule has 0 saturated heterocycles. The lowest BCUT2D eigenvalue weighted by Crippen LogP contribution is -2.03. The van der Waals surface area contributed by atoms with Crippen LogP contribution in [0.1, 0.15) is 16.1 Å². The van der Waals surface area contributed by atoms with E-state index in [1.54, 1.807) is 6.07 Å². The van der Waals surface area contributed by atoms with Crippen LogP contribution in [0.3, 0.4) is 0 Å². The van der Waals surface area contributed by atoms with Crippen molar-refractivity contribution in [1.82, 2.24) is 4.98 Å². The average Bonchev–Trinajstić information content (AvgIpc) is 2.96. The lowest BCUT2D eigenvalue weighted by molar-refractivity contribution is 0.0899. The van der Waals surface area contributed by atoms with Crippen LogP contribution in [0.25, 0.3) is 10.9 Å². The SMILES string of the molecule is O=C(CO)c1cc2cc(OCc3ccccc3)ccc2[nH]1. The summed E-state index contributed by atoms with van der Waals surface area (Å²) in [7, 11) is 0. The Labute approximate surface area is 122 Å². The van der Waals surface area contributed by atoms with E-state index in [2.05, 4.69) is 4.98 Å². The van der Waals surface area contributed by atoms with Crippen molar-refractivity contribution < 1.29 is 14.6 Å². The predicted molar refractivity (Wildman–Crippen MR) is 80.5 cm³/mol. The summed E-state index contributed by atoms with van der Waals surface area (Å²) in [6.07, 6.45) is 0. The van der Waals surface area contributed by atoms with Gasteiger partial charge in [0, 0.05) is 10.9 Å². The number of benzene rings is 2. The number of rotatable bonds is 5. The van der Waals surface area contributed by atoms with Gasteiger partial charge in [-0.15, -0.1) is 0 Å². The Balaban J connectivity index is 1.79. The molecule has 3 rings (SSSR count). The van der Waals surface area contributed by atoms with Gasteiger partial charge in [0.1, 0.15) is 19.0 Å². The van der Waals surface area contributed by atoms with Crippen molar-refractivity contribution in [3.8, 4) is 5.75 Å². The van der Waals surface area contributed by atoms with Gasteiger partial charge in [0.2, 0.25) is 5.78 Å². The minimum atomic E-state index is -0.496. The van der Waals surface area contributed by atoms with E-state index < -0.39 is 6.61 Å². The van der Waals surface area contributed by atoms with Crippen LogP contribution in [0.15, 0.2) is 54.6 Å². The number of aromatic nitrogens is 1. The molecule has 4 nitrogen and oxygen atoms in total. The summed E-state index contributed by atoms with van der Waals surface area (Å²) in [6.45, 7) is 0.00336. The van der Waals surface area contributed by atoms with Gasteiger partial charge in [-0.05, 0) is 29.8 Å². The van der Waals surface area contributed by atoms with Gasteiger partial charge in [-0.3, -0.25) is 4.79 Å². The van der Waals surface area contributed by atoms with Crippen LogP contribution >= 0.6 is 0 Å². The van der Waals surface area contributed by atoms with Crippen LogP contribution in [0.4, 0.5) is 0 Å². The van der Waals surface area contributed by atoms with Crippen molar-refractivity contribution >= 4 is 16.7 Å². The molecule has 1 aromatic heterocycles. The maximum absolute atomic E-state index is 11.5. The highest BCUT2D eigenvalue weighted by Crippen LogP contribution is 2.22. The number of H-pyrrole nitrogens is 1. The first-order valence-corrected chi connectivity index (χ1v) is 6.70. The molecular weight excluding hydrogens is 266 g/mol. The Bertz CT molecular complexity index is 762. The van der Waals surface area contributed by atoms with Crippen LogP contribution in [-0.2, 0) is 6.61 Å². The fourth-order valence-electron chi connectivity index (χ4n) is 2.18. The molecule has 3 aromatic rings. The van der Waals surface area contributed by atoms with Gasteiger partial charge in [0.05, 0.1) is 5.69 Å². The summed E-state index contributed by atoms with van der Waals surface area (Å²) in [6, 6.07) is 17.3. The Hall–Kier alpha value is -2.59. The second kappa shape index (κ2) is 5.81. The third kappa shape index (κ3) is 2.95. The summed E-state index contributed by atoms with van der Waals surface area (Å²) in [5.41, 5.74) is 2.36. The third-order valence-corrected chi connectivity index (χ3v) is 3.28. The van der Waals surface area contributed by atoms with E-state index in [1.807, 2.05) is 48.5 Å². The van der Waals surface area contributed by atoms with Gasteiger partial charge in [-0.1, -0.05) is 30.3 Å². The monoisotopic (exact) mass is 281 g/mol. The van der Waals surface area contributed by atoms with Crippen LogP contribution in [-0.4, -0.2) is 22.5 Å². The number of ketones is 1. The van der Waals surface area contributed by atoms with Crippen molar-refractivity contribution in [3.05, 3.63) is 65.9 Å². The van der Waals surface area contributed by atoms with Crippen LogP contribution < -0.4 is 4.74 Å². The van der Waals surface area contributed by atoms with E-state index in [9.17, 15) is 4.79 Å². The fraction of sp³-hybridized carbons (Fsp3) is 0.118. The van der Waals surface area contributed by atoms with Gasteiger partial charge in [0.25, 0.3) is 0 Å². The second-order valence-corrected chi connectivity index (χ2v) is 4.79. The zero-order valence-corrected chi connectivity index (χ0v) is 11.4. The number of hydrogen-bond acceptors (Lipinski definition) is 3. The first-order valence-electron chi connectivity index (χ1n) is 6.70. The summed E-state index contributed by atoms with van der Waals surface area (Å²) < 4.78 is 5.75. The predicted octanol–water partition coefficient (Wildman–Crippen LogP) is 2.92. The molecule has 0 aliphatic rings. The Morgan fingerprint density at radius 3 is 2.67 bits per heavy atom. The topological polar surface area (TPSA) is 62.3 Å². The number of carbonyl (C=O) groups is 1. The number of carbonyl (C=O) groups excluding carboxylic acids is 1. The first-order chi connectivity index (χ1) is 10.3. The summed E-state index contributed by atoms with van der Waals surface area (Å²) >= 11 is 0. The van der Waals surface area contributed by atoms with E-state index in [-0.39, 0.29) is 5.78 Å². The molecule has 4 heteroatoms. The van der Waals surface area contributed by atoms with E-state index in [4.69, 9.17) is 9.84 Å². The number of Topliss-reactive ketones (excluding diaryl/α,β-unsaturated/α-hetero) is 1. The smallest absolute Gasteiger partial charge is 0.204 e. The minimum Gasteiger partial charge on any atom is -0.489 e. The fourth-order valence-corrected chi connectivity index (χ4v) is 2.18. The van der Waals surface area contributed by atoms with Gasteiger partial charge in [0.15, 0.2) is 0 Å². The van der Waals surface area contributed by atoms with E-state index in [1.165, 1.54) is 0 Å². The van der Waals surface area contributed by atoms with E-state index >= 15 is 0 Å².